The van der Waals surface area contributed by atoms with Crippen molar-refractivity contribution in [3.63, 3.8) is 0 Å². The van der Waals surface area contributed by atoms with Crippen LogP contribution in [0.4, 0.5) is 0 Å². The first-order valence-electron chi connectivity index (χ1n) is 5.56. The van der Waals surface area contributed by atoms with Gasteiger partial charge in [-0.2, -0.15) is 0 Å². The van der Waals surface area contributed by atoms with Gasteiger partial charge < -0.3 is 10.2 Å². The van der Waals surface area contributed by atoms with Crippen LogP contribution >= 0.6 is 0 Å². The topological polar surface area (TPSA) is 40.5 Å². The first-order valence-corrected chi connectivity index (χ1v) is 5.56. The van der Waals surface area contributed by atoms with E-state index < -0.39 is 0 Å². The van der Waals surface area contributed by atoms with E-state index in [0.717, 1.165) is 32.1 Å². The number of unbranched alkanes of at least 4 members (excludes halogenated alkanes) is 3. The van der Waals surface area contributed by atoms with Crippen LogP contribution in [-0.2, 0) is 0 Å². The van der Waals surface area contributed by atoms with Crippen molar-refractivity contribution in [2.24, 2.45) is 5.92 Å². The lowest BCUT2D eigenvalue weighted by Crippen LogP contribution is -2.05. The third-order valence-electron chi connectivity index (χ3n) is 2.49. The summed E-state index contributed by atoms with van der Waals surface area (Å²) in [6.45, 7) is 2.82. The van der Waals surface area contributed by atoms with Gasteiger partial charge in [0.15, 0.2) is 0 Å². The average Bonchev–Trinajstić information content (AvgIpc) is 2.17. The maximum absolute atomic E-state index is 9.06. The van der Waals surface area contributed by atoms with Gasteiger partial charge in [0.25, 0.3) is 0 Å². The highest BCUT2D eigenvalue weighted by Crippen LogP contribution is 2.15. The molecular weight excluding hydrogens is 164 g/mol. The van der Waals surface area contributed by atoms with Crippen LogP contribution < -0.4 is 0 Å². The Kier molecular flexibility index (Phi) is 9.94. The largest absolute Gasteiger partial charge is 0.396 e. The van der Waals surface area contributed by atoms with E-state index in [-0.39, 0.29) is 0 Å². The van der Waals surface area contributed by atoms with Gasteiger partial charge in [0.2, 0.25) is 0 Å². The van der Waals surface area contributed by atoms with E-state index in [1.165, 1.54) is 12.8 Å². The Labute approximate surface area is 82.0 Å². The molecule has 0 aromatic heterocycles. The molecule has 0 fully saturated rings. The van der Waals surface area contributed by atoms with Gasteiger partial charge in [-0.1, -0.05) is 32.6 Å². The Hall–Kier alpha value is -0.0800. The van der Waals surface area contributed by atoms with Crippen molar-refractivity contribution in [3.8, 4) is 0 Å². The van der Waals surface area contributed by atoms with E-state index in [1.807, 2.05) is 0 Å². The molecule has 2 nitrogen and oxygen atoms in total. The molecule has 0 aromatic rings. The maximum atomic E-state index is 9.06. The van der Waals surface area contributed by atoms with Crippen molar-refractivity contribution >= 4 is 0 Å². The van der Waals surface area contributed by atoms with Gasteiger partial charge in [-0.05, 0) is 25.2 Å². The van der Waals surface area contributed by atoms with E-state index >= 15 is 0 Å². The molecule has 2 N–H and O–H groups in total. The zero-order chi connectivity index (χ0) is 9.94. The number of rotatable bonds is 9. The van der Waals surface area contributed by atoms with Crippen LogP contribution in [0.15, 0.2) is 0 Å². The van der Waals surface area contributed by atoms with Gasteiger partial charge in [0.05, 0.1) is 0 Å². The molecule has 0 aliphatic rings. The molecule has 0 amide bonds. The lowest BCUT2D eigenvalue weighted by atomic mass is 9.96. The maximum Gasteiger partial charge on any atom is 0.0459 e. The Morgan fingerprint density at radius 1 is 0.923 bits per heavy atom. The Balaban J connectivity index is 3.25. The molecule has 80 valence electrons. The monoisotopic (exact) mass is 188 g/mol. The van der Waals surface area contributed by atoms with Crippen LogP contribution in [0.3, 0.4) is 0 Å². The lowest BCUT2D eigenvalue weighted by molar-refractivity contribution is 0.203. The second kappa shape index (κ2) is 10.0. The smallest absolute Gasteiger partial charge is 0.0459 e. The summed E-state index contributed by atoms with van der Waals surface area (Å²) >= 11 is 0. The fraction of sp³-hybridized carbons (Fsp3) is 1.00. The molecule has 0 rings (SSSR count). The molecule has 0 bridgehead atoms. The number of hydrogen-bond acceptors (Lipinski definition) is 2. The minimum atomic E-state index is 0.304. The predicted molar refractivity (Wildman–Crippen MR) is 55.7 cm³/mol. The van der Waals surface area contributed by atoms with Crippen LogP contribution in [0.2, 0.25) is 0 Å². The van der Waals surface area contributed by atoms with Crippen LogP contribution in [0.5, 0.6) is 0 Å². The summed E-state index contributed by atoms with van der Waals surface area (Å²) in [5.41, 5.74) is 0. The van der Waals surface area contributed by atoms with Gasteiger partial charge in [0.1, 0.15) is 0 Å². The highest BCUT2D eigenvalue weighted by atomic mass is 16.3. The predicted octanol–water partition coefficient (Wildman–Crippen LogP) is 2.34. The molecule has 13 heavy (non-hydrogen) atoms. The zero-order valence-electron chi connectivity index (χ0n) is 8.84. The van der Waals surface area contributed by atoms with Crippen LogP contribution in [0, 0.1) is 5.92 Å². The van der Waals surface area contributed by atoms with E-state index in [9.17, 15) is 0 Å². The van der Waals surface area contributed by atoms with Gasteiger partial charge >= 0.3 is 0 Å². The SMILES string of the molecule is CCCCC(CO)CCCCCO. The van der Waals surface area contributed by atoms with Gasteiger partial charge in [-0.25, -0.2) is 0 Å². The molecule has 0 radical (unpaired) electrons. The summed E-state index contributed by atoms with van der Waals surface area (Å²) in [6.07, 6.45) is 7.88. The summed E-state index contributed by atoms with van der Waals surface area (Å²) in [7, 11) is 0. The zero-order valence-corrected chi connectivity index (χ0v) is 8.84. The average molecular weight is 188 g/mol. The normalized spacial score (nSPS) is 13.2. The van der Waals surface area contributed by atoms with E-state index in [1.54, 1.807) is 0 Å². The van der Waals surface area contributed by atoms with Gasteiger partial charge in [-0.3, -0.25) is 0 Å². The second-order valence-electron chi connectivity index (χ2n) is 3.76. The third kappa shape index (κ3) is 8.26. The fourth-order valence-corrected chi connectivity index (χ4v) is 1.54. The van der Waals surface area contributed by atoms with Gasteiger partial charge in [-0.15, -0.1) is 0 Å². The molecule has 1 unspecified atom stereocenters. The molecule has 0 saturated carbocycles. The summed E-state index contributed by atoms with van der Waals surface area (Å²) < 4.78 is 0. The highest BCUT2D eigenvalue weighted by molar-refractivity contribution is 4.58. The van der Waals surface area contributed by atoms with Crippen LogP contribution in [-0.4, -0.2) is 23.4 Å². The van der Waals surface area contributed by atoms with Crippen molar-refractivity contribution in [2.75, 3.05) is 13.2 Å². The quantitative estimate of drug-likeness (QED) is 0.545. The summed E-state index contributed by atoms with van der Waals surface area (Å²) in [4.78, 5) is 0. The van der Waals surface area contributed by atoms with Crippen molar-refractivity contribution < 1.29 is 10.2 Å². The minimum Gasteiger partial charge on any atom is -0.396 e. The molecule has 1 atom stereocenters. The van der Waals surface area contributed by atoms with Crippen LogP contribution in [0.1, 0.15) is 51.9 Å². The molecule has 0 aliphatic heterocycles. The molecule has 0 spiro atoms. The van der Waals surface area contributed by atoms with Crippen LogP contribution in [0.25, 0.3) is 0 Å². The van der Waals surface area contributed by atoms with Crippen molar-refractivity contribution in [1.29, 1.82) is 0 Å². The van der Waals surface area contributed by atoms with Crippen molar-refractivity contribution in [3.05, 3.63) is 0 Å². The second-order valence-corrected chi connectivity index (χ2v) is 3.76. The standard InChI is InChI=1S/C11H24O2/c1-2-3-7-11(10-13)8-5-4-6-9-12/h11-13H,2-10H2,1H3. The molecule has 0 aliphatic carbocycles. The Morgan fingerprint density at radius 2 is 1.62 bits per heavy atom. The highest BCUT2D eigenvalue weighted by Gasteiger charge is 2.05. The third-order valence-corrected chi connectivity index (χ3v) is 2.49. The summed E-state index contributed by atoms with van der Waals surface area (Å²) in [5.74, 6) is 0.499. The van der Waals surface area contributed by atoms with E-state index in [0.29, 0.717) is 19.1 Å². The number of aliphatic hydroxyl groups is 2. The molecule has 0 heterocycles. The fourth-order valence-electron chi connectivity index (χ4n) is 1.54. The summed E-state index contributed by atoms with van der Waals surface area (Å²) in [5, 5.41) is 17.6. The summed E-state index contributed by atoms with van der Waals surface area (Å²) in [6, 6.07) is 0. The number of hydrogen-bond donors (Lipinski definition) is 2. The minimum absolute atomic E-state index is 0.304. The van der Waals surface area contributed by atoms with Gasteiger partial charge in [0, 0.05) is 13.2 Å². The molecule has 0 aromatic carbocycles. The Bertz CT molecular complexity index is 94.1. The van der Waals surface area contributed by atoms with Crippen molar-refractivity contribution in [1.82, 2.24) is 0 Å². The molecular formula is C11H24O2. The Morgan fingerprint density at radius 3 is 2.15 bits per heavy atom. The lowest BCUT2D eigenvalue weighted by Gasteiger charge is -2.12. The first kappa shape index (κ1) is 12.9. The van der Waals surface area contributed by atoms with E-state index in [4.69, 9.17) is 10.2 Å². The van der Waals surface area contributed by atoms with Crippen molar-refractivity contribution in [2.45, 2.75) is 51.9 Å². The molecule has 2 heteroatoms. The number of aliphatic hydroxyl groups excluding tert-OH is 2. The van der Waals surface area contributed by atoms with E-state index in [2.05, 4.69) is 6.92 Å². The molecule has 0 saturated heterocycles. The first-order chi connectivity index (χ1) is 6.35.